The average Bonchev–Trinajstić information content (AvgIpc) is 2.31. The molecule has 0 aliphatic carbocycles. The number of nitrogens with zero attached hydrogens (tertiary/aromatic N) is 1. The SMILES string of the molecule is CC(=CCl)CN1C(=O)CNC(=O)CC1C. The summed E-state index contributed by atoms with van der Waals surface area (Å²) in [5.41, 5.74) is 2.37. The Morgan fingerprint density at radius 3 is 2.93 bits per heavy atom. The summed E-state index contributed by atoms with van der Waals surface area (Å²) in [4.78, 5) is 24.5. The molecule has 1 heterocycles. The van der Waals surface area contributed by atoms with Gasteiger partial charge in [-0.3, -0.25) is 9.59 Å². The number of halogens is 1. The Labute approximate surface area is 94.3 Å². The summed E-state index contributed by atoms with van der Waals surface area (Å²) < 4.78 is 0. The van der Waals surface area contributed by atoms with Crippen molar-refractivity contribution >= 4 is 23.4 Å². The molecule has 1 aliphatic heterocycles. The molecule has 1 N–H and O–H groups in total. The van der Waals surface area contributed by atoms with Gasteiger partial charge in [0.2, 0.25) is 11.8 Å². The minimum Gasteiger partial charge on any atom is -0.347 e. The molecule has 0 aromatic rings. The van der Waals surface area contributed by atoms with Crippen LogP contribution in [-0.4, -0.2) is 35.8 Å². The second-order valence-corrected chi connectivity index (χ2v) is 4.03. The molecule has 1 saturated heterocycles. The third-order valence-corrected chi connectivity index (χ3v) is 2.75. The molecule has 0 radical (unpaired) electrons. The summed E-state index contributed by atoms with van der Waals surface area (Å²) >= 11 is 5.55. The van der Waals surface area contributed by atoms with E-state index in [1.807, 2.05) is 13.8 Å². The van der Waals surface area contributed by atoms with Gasteiger partial charge in [0.25, 0.3) is 0 Å². The molecule has 1 aliphatic rings. The zero-order valence-corrected chi connectivity index (χ0v) is 9.67. The number of carbonyl (C=O) groups excluding carboxylic acids is 2. The minimum absolute atomic E-state index is 0.0637. The summed E-state index contributed by atoms with van der Waals surface area (Å²) in [5, 5.41) is 2.56. The predicted octanol–water partition coefficient (Wildman–Crippen LogP) is 0.866. The number of hydrogen-bond donors (Lipinski definition) is 1. The molecule has 0 aromatic carbocycles. The summed E-state index contributed by atoms with van der Waals surface area (Å²) in [6.07, 6.45) is 0.349. The first-order valence-electron chi connectivity index (χ1n) is 4.86. The van der Waals surface area contributed by atoms with E-state index in [2.05, 4.69) is 5.32 Å². The summed E-state index contributed by atoms with van der Waals surface area (Å²) in [5.74, 6) is -0.142. The second kappa shape index (κ2) is 5.16. The minimum atomic E-state index is -0.0779. The molecule has 0 aromatic heterocycles. The van der Waals surface area contributed by atoms with Crippen LogP contribution in [0.15, 0.2) is 11.1 Å². The third kappa shape index (κ3) is 3.23. The van der Waals surface area contributed by atoms with Crippen molar-refractivity contribution in [3.63, 3.8) is 0 Å². The van der Waals surface area contributed by atoms with Gasteiger partial charge in [0.15, 0.2) is 0 Å². The molecule has 15 heavy (non-hydrogen) atoms. The van der Waals surface area contributed by atoms with Crippen LogP contribution in [0.4, 0.5) is 0 Å². The van der Waals surface area contributed by atoms with E-state index in [9.17, 15) is 9.59 Å². The summed E-state index contributed by atoms with van der Waals surface area (Å²) in [6.45, 7) is 4.29. The van der Waals surface area contributed by atoms with Crippen LogP contribution in [0.3, 0.4) is 0 Å². The van der Waals surface area contributed by atoms with Crippen molar-refractivity contribution in [2.75, 3.05) is 13.1 Å². The molecule has 4 nitrogen and oxygen atoms in total. The van der Waals surface area contributed by atoms with Crippen molar-refractivity contribution in [2.45, 2.75) is 26.3 Å². The fourth-order valence-electron chi connectivity index (χ4n) is 1.52. The number of rotatable bonds is 2. The van der Waals surface area contributed by atoms with Crippen molar-refractivity contribution in [1.29, 1.82) is 0 Å². The lowest BCUT2D eigenvalue weighted by Crippen LogP contribution is -2.40. The zero-order valence-electron chi connectivity index (χ0n) is 8.92. The van der Waals surface area contributed by atoms with Crippen LogP contribution in [0.5, 0.6) is 0 Å². The Bertz CT molecular complexity index is 302. The lowest BCUT2D eigenvalue weighted by molar-refractivity contribution is -0.131. The number of amides is 2. The van der Waals surface area contributed by atoms with Crippen LogP contribution in [0.25, 0.3) is 0 Å². The van der Waals surface area contributed by atoms with Gasteiger partial charge in [-0.1, -0.05) is 11.6 Å². The Hall–Kier alpha value is -1.03. The van der Waals surface area contributed by atoms with Crippen molar-refractivity contribution in [3.8, 4) is 0 Å². The van der Waals surface area contributed by atoms with Gasteiger partial charge >= 0.3 is 0 Å². The number of hydrogen-bond acceptors (Lipinski definition) is 2. The maximum atomic E-state index is 11.7. The average molecular weight is 231 g/mol. The molecule has 1 unspecified atom stereocenters. The fraction of sp³-hybridized carbons (Fsp3) is 0.600. The van der Waals surface area contributed by atoms with Crippen LogP contribution >= 0.6 is 11.6 Å². The first-order valence-corrected chi connectivity index (χ1v) is 5.30. The fourth-order valence-corrected chi connectivity index (χ4v) is 1.59. The first-order chi connectivity index (χ1) is 7.04. The number of carbonyl (C=O) groups is 2. The van der Waals surface area contributed by atoms with E-state index in [0.29, 0.717) is 13.0 Å². The molecule has 5 heteroatoms. The van der Waals surface area contributed by atoms with Crippen LogP contribution in [-0.2, 0) is 9.59 Å². The van der Waals surface area contributed by atoms with E-state index >= 15 is 0 Å². The Morgan fingerprint density at radius 2 is 2.33 bits per heavy atom. The van der Waals surface area contributed by atoms with Crippen molar-refractivity contribution in [3.05, 3.63) is 11.1 Å². The molecule has 0 spiro atoms. The smallest absolute Gasteiger partial charge is 0.242 e. The maximum absolute atomic E-state index is 11.7. The van der Waals surface area contributed by atoms with Crippen LogP contribution in [0.2, 0.25) is 0 Å². The first kappa shape index (κ1) is 12.0. The van der Waals surface area contributed by atoms with Gasteiger partial charge < -0.3 is 10.2 Å². The van der Waals surface area contributed by atoms with Crippen molar-refractivity contribution in [2.24, 2.45) is 0 Å². The van der Waals surface area contributed by atoms with Crippen molar-refractivity contribution < 1.29 is 9.59 Å². The van der Waals surface area contributed by atoms with Crippen LogP contribution < -0.4 is 5.32 Å². The van der Waals surface area contributed by atoms with Gasteiger partial charge in [-0.2, -0.15) is 0 Å². The molecule has 1 fully saturated rings. The molecule has 2 amide bonds. The molecule has 0 saturated carbocycles. The largest absolute Gasteiger partial charge is 0.347 e. The molecule has 1 rings (SSSR count). The van der Waals surface area contributed by atoms with E-state index in [1.165, 1.54) is 5.54 Å². The van der Waals surface area contributed by atoms with E-state index in [1.54, 1.807) is 4.90 Å². The maximum Gasteiger partial charge on any atom is 0.242 e. The van der Waals surface area contributed by atoms with E-state index in [0.717, 1.165) is 5.57 Å². The normalized spacial score (nSPS) is 23.8. The Kier molecular flexibility index (Phi) is 4.15. The summed E-state index contributed by atoms with van der Waals surface area (Å²) in [7, 11) is 0. The Morgan fingerprint density at radius 1 is 1.67 bits per heavy atom. The number of nitrogens with one attached hydrogen (secondary N) is 1. The van der Waals surface area contributed by atoms with E-state index in [4.69, 9.17) is 11.6 Å². The third-order valence-electron chi connectivity index (χ3n) is 2.38. The van der Waals surface area contributed by atoms with Gasteiger partial charge in [-0.05, 0) is 19.4 Å². The highest BCUT2D eigenvalue weighted by Gasteiger charge is 2.26. The second-order valence-electron chi connectivity index (χ2n) is 3.81. The zero-order chi connectivity index (χ0) is 11.4. The molecular formula is C10H15ClN2O2. The molecule has 84 valence electrons. The lowest BCUT2D eigenvalue weighted by Gasteiger charge is -2.26. The van der Waals surface area contributed by atoms with Crippen LogP contribution in [0.1, 0.15) is 20.3 Å². The molecular weight excluding hydrogens is 216 g/mol. The van der Waals surface area contributed by atoms with Gasteiger partial charge in [0.05, 0.1) is 6.54 Å². The standard InChI is InChI=1S/C10H15ClN2O2/c1-7(4-11)6-13-8(2)3-9(14)12-5-10(13)15/h4,8H,3,5-6H2,1-2H3,(H,12,14). The molecule has 0 bridgehead atoms. The monoisotopic (exact) mass is 230 g/mol. The van der Waals surface area contributed by atoms with Gasteiger partial charge in [-0.15, -0.1) is 0 Å². The van der Waals surface area contributed by atoms with E-state index < -0.39 is 0 Å². The van der Waals surface area contributed by atoms with E-state index in [-0.39, 0.29) is 24.4 Å². The topological polar surface area (TPSA) is 49.4 Å². The predicted molar refractivity (Wildman–Crippen MR) is 58.4 cm³/mol. The highest BCUT2D eigenvalue weighted by Crippen LogP contribution is 2.11. The Balaban J connectivity index is 2.74. The highest BCUT2D eigenvalue weighted by atomic mass is 35.5. The summed E-state index contributed by atoms with van der Waals surface area (Å²) in [6, 6.07) is -0.0773. The van der Waals surface area contributed by atoms with Crippen molar-refractivity contribution in [1.82, 2.24) is 10.2 Å². The highest BCUT2D eigenvalue weighted by molar-refractivity contribution is 6.25. The van der Waals surface area contributed by atoms with Crippen LogP contribution in [0, 0.1) is 0 Å². The molecule has 1 atom stereocenters. The lowest BCUT2D eigenvalue weighted by atomic mass is 10.2. The quantitative estimate of drug-likeness (QED) is 0.765. The van der Waals surface area contributed by atoms with Gasteiger partial charge in [0.1, 0.15) is 0 Å². The van der Waals surface area contributed by atoms with Gasteiger partial charge in [0, 0.05) is 24.5 Å². The van der Waals surface area contributed by atoms with Gasteiger partial charge in [-0.25, -0.2) is 0 Å².